The zero-order valence-electron chi connectivity index (χ0n) is 17.6. The maximum atomic E-state index is 13.9. The summed E-state index contributed by atoms with van der Waals surface area (Å²) in [5.41, 5.74) is 2.24. The highest BCUT2D eigenvalue weighted by Gasteiger charge is 2.30. The number of carboxylic acids is 1. The highest BCUT2D eigenvalue weighted by molar-refractivity contribution is 5.87. The molecule has 0 saturated carbocycles. The number of hydrogen-bond donors (Lipinski definition) is 2. The maximum absolute atomic E-state index is 13.9. The van der Waals surface area contributed by atoms with Gasteiger partial charge >= 0.3 is 12.1 Å². The number of aromatic nitrogens is 1. The van der Waals surface area contributed by atoms with E-state index in [0.29, 0.717) is 42.1 Å². The van der Waals surface area contributed by atoms with Crippen molar-refractivity contribution in [2.45, 2.75) is 50.9 Å². The third-order valence-corrected chi connectivity index (χ3v) is 6.01. The van der Waals surface area contributed by atoms with E-state index in [0.717, 1.165) is 23.4 Å². The van der Waals surface area contributed by atoms with Crippen molar-refractivity contribution in [3.05, 3.63) is 70.7 Å². The second-order valence-electron chi connectivity index (χ2n) is 8.27. The molecule has 1 aliphatic carbocycles. The van der Waals surface area contributed by atoms with E-state index < -0.39 is 23.5 Å². The van der Waals surface area contributed by atoms with Crippen LogP contribution >= 0.6 is 0 Å². The summed E-state index contributed by atoms with van der Waals surface area (Å²) in [5, 5.41) is 12.9. The van der Waals surface area contributed by atoms with Gasteiger partial charge in [0, 0.05) is 29.1 Å². The molecule has 3 aromatic rings. The van der Waals surface area contributed by atoms with Crippen LogP contribution in [0.4, 0.5) is 17.6 Å². The quantitative estimate of drug-likeness (QED) is 0.531. The Bertz CT molecular complexity index is 1200. The van der Waals surface area contributed by atoms with Crippen molar-refractivity contribution in [3.8, 4) is 0 Å². The molecular formula is C24H22F4N2O3. The number of amides is 1. The lowest BCUT2D eigenvalue weighted by molar-refractivity contribution is -0.138. The first-order valence-corrected chi connectivity index (χ1v) is 10.6. The molecule has 4 rings (SSSR count). The number of aryl methyl sites for hydroxylation is 1. The van der Waals surface area contributed by atoms with Crippen molar-refractivity contribution < 1.29 is 32.3 Å². The van der Waals surface area contributed by atoms with Crippen LogP contribution in [0.25, 0.3) is 10.9 Å². The van der Waals surface area contributed by atoms with Crippen LogP contribution in [0.15, 0.2) is 42.5 Å². The van der Waals surface area contributed by atoms with Crippen LogP contribution in [-0.4, -0.2) is 27.6 Å². The van der Waals surface area contributed by atoms with Crippen LogP contribution in [0.2, 0.25) is 0 Å². The first kappa shape index (κ1) is 22.8. The molecule has 0 fully saturated rings. The third-order valence-electron chi connectivity index (χ3n) is 6.01. The van der Waals surface area contributed by atoms with Gasteiger partial charge in [0.25, 0.3) is 0 Å². The van der Waals surface area contributed by atoms with Gasteiger partial charge in [-0.2, -0.15) is 13.2 Å². The number of benzene rings is 2. The van der Waals surface area contributed by atoms with E-state index in [9.17, 15) is 32.3 Å². The fourth-order valence-corrected chi connectivity index (χ4v) is 4.48. The van der Waals surface area contributed by atoms with E-state index in [1.54, 1.807) is 10.6 Å². The van der Waals surface area contributed by atoms with Crippen LogP contribution < -0.4 is 5.32 Å². The fraction of sp³-hybridized carbons (Fsp3) is 0.333. The van der Waals surface area contributed by atoms with Crippen molar-refractivity contribution in [1.82, 2.24) is 9.88 Å². The predicted octanol–water partition coefficient (Wildman–Crippen LogP) is 4.49. The van der Waals surface area contributed by atoms with Gasteiger partial charge in [-0.25, -0.2) is 4.39 Å². The van der Waals surface area contributed by atoms with E-state index in [1.807, 2.05) is 0 Å². The Kier molecular flexibility index (Phi) is 6.14. The molecule has 174 valence electrons. The average Bonchev–Trinajstić information content (AvgIpc) is 3.04. The average molecular weight is 462 g/mol. The van der Waals surface area contributed by atoms with E-state index in [4.69, 9.17) is 0 Å². The molecule has 5 nitrogen and oxygen atoms in total. The van der Waals surface area contributed by atoms with Gasteiger partial charge in [-0.15, -0.1) is 0 Å². The Labute approximate surface area is 187 Å². The number of carbonyl (C=O) groups excluding carboxylic acids is 1. The SMILES string of the molecule is O=C(O)Cn1c2c(c3cc(F)ccc31)C[C@@H](NC(=O)CCc1ccc(C(F)(F)F)cc1)CC2. The molecule has 0 spiro atoms. The number of aliphatic carboxylic acids is 1. The van der Waals surface area contributed by atoms with E-state index in [2.05, 4.69) is 5.32 Å². The lowest BCUT2D eigenvalue weighted by atomic mass is 9.91. The molecule has 2 aromatic carbocycles. The largest absolute Gasteiger partial charge is 0.480 e. The summed E-state index contributed by atoms with van der Waals surface area (Å²) < 4.78 is 53.6. The molecule has 1 atom stereocenters. The zero-order chi connectivity index (χ0) is 23.8. The molecule has 0 radical (unpaired) electrons. The molecule has 0 unspecified atom stereocenters. The van der Waals surface area contributed by atoms with Gasteiger partial charge < -0.3 is 15.0 Å². The van der Waals surface area contributed by atoms with Crippen molar-refractivity contribution in [2.75, 3.05) is 0 Å². The molecule has 0 bridgehead atoms. The second-order valence-corrected chi connectivity index (χ2v) is 8.27. The smallest absolute Gasteiger partial charge is 0.416 e. The molecule has 0 aliphatic heterocycles. The molecule has 9 heteroatoms. The second kappa shape index (κ2) is 8.88. The number of alkyl halides is 3. The zero-order valence-corrected chi connectivity index (χ0v) is 17.6. The Morgan fingerprint density at radius 1 is 1.12 bits per heavy atom. The Balaban J connectivity index is 1.43. The van der Waals surface area contributed by atoms with Crippen molar-refractivity contribution in [1.29, 1.82) is 0 Å². The van der Waals surface area contributed by atoms with Gasteiger partial charge in [0.15, 0.2) is 0 Å². The molecule has 33 heavy (non-hydrogen) atoms. The van der Waals surface area contributed by atoms with Gasteiger partial charge in [-0.3, -0.25) is 9.59 Å². The number of hydrogen-bond acceptors (Lipinski definition) is 2. The van der Waals surface area contributed by atoms with Gasteiger partial charge in [0.2, 0.25) is 5.91 Å². The molecule has 2 N–H and O–H groups in total. The lowest BCUT2D eigenvalue weighted by Crippen LogP contribution is -2.39. The predicted molar refractivity (Wildman–Crippen MR) is 113 cm³/mol. The van der Waals surface area contributed by atoms with Gasteiger partial charge in [-0.05, 0) is 67.1 Å². The fourth-order valence-electron chi connectivity index (χ4n) is 4.48. The molecule has 1 aliphatic rings. The van der Waals surface area contributed by atoms with Crippen molar-refractivity contribution in [2.24, 2.45) is 0 Å². The molecule has 1 aromatic heterocycles. The van der Waals surface area contributed by atoms with Crippen LogP contribution in [-0.2, 0) is 41.6 Å². The topological polar surface area (TPSA) is 71.3 Å². The number of carbonyl (C=O) groups is 2. The van der Waals surface area contributed by atoms with Crippen LogP contribution in [0.5, 0.6) is 0 Å². The van der Waals surface area contributed by atoms with Crippen LogP contribution in [0.3, 0.4) is 0 Å². The summed E-state index contributed by atoms with van der Waals surface area (Å²) in [6.45, 7) is -0.221. The lowest BCUT2D eigenvalue weighted by Gasteiger charge is -2.25. The van der Waals surface area contributed by atoms with E-state index >= 15 is 0 Å². The van der Waals surface area contributed by atoms with Gasteiger partial charge in [0.05, 0.1) is 5.56 Å². The van der Waals surface area contributed by atoms with E-state index in [1.165, 1.54) is 24.3 Å². The number of rotatable bonds is 6. The number of nitrogens with one attached hydrogen (secondary N) is 1. The highest BCUT2D eigenvalue weighted by atomic mass is 19.4. The summed E-state index contributed by atoms with van der Waals surface area (Å²) in [5.74, 6) is -1.62. The summed E-state index contributed by atoms with van der Waals surface area (Å²) >= 11 is 0. The van der Waals surface area contributed by atoms with E-state index in [-0.39, 0.29) is 24.9 Å². The number of carboxylic acid groups (broad SMARTS) is 1. The Hall–Kier alpha value is -3.36. The molecule has 1 heterocycles. The van der Waals surface area contributed by atoms with Crippen molar-refractivity contribution in [3.63, 3.8) is 0 Å². The van der Waals surface area contributed by atoms with Gasteiger partial charge in [-0.1, -0.05) is 12.1 Å². The first-order valence-electron chi connectivity index (χ1n) is 10.6. The van der Waals surface area contributed by atoms with Crippen molar-refractivity contribution >= 4 is 22.8 Å². The van der Waals surface area contributed by atoms with Gasteiger partial charge in [0.1, 0.15) is 12.4 Å². The number of halogens is 4. The monoisotopic (exact) mass is 462 g/mol. The summed E-state index contributed by atoms with van der Waals surface area (Å²) in [4.78, 5) is 23.8. The molecular weight excluding hydrogens is 440 g/mol. The molecule has 1 amide bonds. The van der Waals surface area contributed by atoms with Crippen LogP contribution in [0.1, 0.15) is 35.2 Å². The normalized spacial score (nSPS) is 15.9. The Morgan fingerprint density at radius 2 is 1.85 bits per heavy atom. The minimum Gasteiger partial charge on any atom is -0.480 e. The standard InChI is InChI=1S/C24H22F4N2O3/c25-16-6-8-20-18(11-16)19-12-17(7-9-21(19)30(20)13-23(32)33)29-22(31)10-3-14-1-4-15(5-2-14)24(26,27)28/h1-2,4-6,8,11,17H,3,7,9-10,12-13H2,(H,29,31)(H,32,33)/t17-/m0/s1. The minimum absolute atomic E-state index is 0.129. The molecule has 0 saturated heterocycles. The minimum atomic E-state index is -4.40. The maximum Gasteiger partial charge on any atom is 0.416 e. The summed E-state index contributed by atoms with van der Waals surface area (Å²) in [6, 6.07) is 8.81. The Morgan fingerprint density at radius 3 is 2.52 bits per heavy atom. The summed E-state index contributed by atoms with van der Waals surface area (Å²) in [6.07, 6.45) is -2.35. The summed E-state index contributed by atoms with van der Waals surface area (Å²) in [7, 11) is 0. The van der Waals surface area contributed by atoms with Crippen LogP contribution in [0, 0.1) is 5.82 Å². The first-order chi connectivity index (χ1) is 15.6. The number of nitrogens with zero attached hydrogens (tertiary/aromatic N) is 1. The highest BCUT2D eigenvalue weighted by Crippen LogP contribution is 2.33. The third kappa shape index (κ3) is 5.02. The number of fused-ring (bicyclic) bond motifs is 3.